The fourth-order valence-electron chi connectivity index (χ4n) is 1.98. The van der Waals surface area contributed by atoms with Crippen molar-refractivity contribution in [3.63, 3.8) is 0 Å². The molecule has 21 heavy (non-hydrogen) atoms. The number of anilines is 2. The molecule has 2 aromatic carbocycles. The first-order chi connectivity index (χ1) is 10.3. The zero-order valence-corrected chi connectivity index (χ0v) is 11.9. The lowest BCUT2D eigenvalue weighted by Gasteiger charge is -2.22. The van der Waals surface area contributed by atoms with Crippen molar-refractivity contribution in [2.45, 2.75) is 12.8 Å². The smallest absolute Gasteiger partial charge is 0.418 e. The van der Waals surface area contributed by atoms with E-state index in [1.54, 1.807) is 4.90 Å². The zero-order chi connectivity index (χ0) is 14.9. The number of ether oxygens (including phenoxy) is 1. The van der Waals surface area contributed by atoms with Gasteiger partial charge in [0.15, 0.2) is 0 Å². The molecule has 4 nitrogen and oxygen atoms in total. The molecule has 2 aromatic rings. The molecule has 2 rings (SSSR count). The van der Waals surface area contributed by atoms with Crippen LogP contribution in [0.2, 0.25) is 0 Å². The summed E-state index contributed by atoms with van der Waals surface area (Å²) in [5.74, 6) is 0. The summed E-state index contributed by atoms with van der Waals surface area (Å²) in [6.07, 6.45) is 1.26. The molecule has 4 heteroatoms. The Balaban J connectivity index is 2.15. The number of carbonyl (C=O) groups excluding carboxylic acids is 1. The van der Waals surface area contributed by atoms with Gasteiger partial charge in [-0.3, -0.25) is 0 Å². The quantitative estimate of drug-likeness (QED) is 0.823. The lowest BCUT2D eigenvalue weighted by molar-refractivity contribution is 0.154. The Morgan fingerprint density at radius 3 is 1.90 bits per heavy atom. The van der Waals surface area contributed by atoms with Crippen LogP contribution in [-0.4, -0.2) is 19.2 Å². The van der Waals surface area contributed by atoms with Gasteiger partial charge in [-0.05, 0) is 43.7 Å². The van der Waals surface area contributed by atoms with Crippen LogP contribution in [0, 0.1) is 0 Å². The predicted octanol–water partition coefficient (Wildman–Crippen LogP) is 3.70. The molecule has 0 aliphatic carbocycles. The molecule has 0 saturated heterocycles. The molecule has 0 bridgehead atoms. The second kappa shape index (κ2) is 8.07. The Labute approximate surface area is 125 Å². The molecule has 0 spiro atoms. The summed E-state index contributed by atoms with van der Waals surface area (Å²) in [5.41, 5.74) is 7.01. The summed E-state index contributed by atoms with van der Waals surface area (Å²) in [6.45, 7) is 0.991. The molecule has 1 amide bonds. The Kier molecular flexibility index (Phi) is 5.79. The number of para-hydroxylation sites is 2. The van der Waals surface area contributed by atoms with Gasteiger partial charge in [-0.25, -0.2) is 9.69 Å². The average Bonchev–Trinajstić information content (AvgIpc) is 2.54. The highest BCUT2D eigenvalue weighted by molar-refractivity contribution is 5.95. The minimum absolute atomic E-state index is 0.371. The van der Waals surface area contributed by atoms with Crippen LogP contribution in [0.4, 0.5) is 16.2 Å². The number of benzene rings is 2. The van der Waals surface area contributed by atoms with E-state index in [9.17, 15) is 4.79 Å². The van der Waals surface area contributed by atoms with E-state index in [1.165, 1.54) is 0 Å². The van der Waals surface area contributed by atoms with Crippen molar-refractivity contribution in [1.29, 1.82) is 0 Å². The van der Waals surface area contributed by atoms with Gasteiger partial charge in [-0.1, -0.05) is 36.4 Å². The number of rotatable bonds is 6. The predicted molar refractivity (Wildman–Crippen MR) is 84.7 cm³/mol. The maximum Gasteiger partial charge on any atom is 0.418 e. The molecule has 0 fully saturated rings. The number of hydrogen-bond acceptors (Lipinski definition) is 3. The Hall–Kier alpha value is -2.33. The summed E-state index contributed by atoms with van der Waals surface area (Å²) in [7, 11) is 0. The second-order valence-electron chi connectivity index (χ2n) is 4.62. The molecule has 0 aromatic heterocycles. The largest absolute Gasteiger partial charge is 0.449 e. The Morgan fingerprint density at radius 2 is 1.43 bits per heavy atom. The van der Waals surface area contributed by atoms with Gasteiger partial charge in [0.05, 0.1) is 18.0 Å². The topological polar surface area (TPSA) is 55.6 Å². The maximum atomic E-state index is 12.4. The number of hydrogen-bond donors (Lipinski definition) is 1. The third kappa shape index (κ3) is 4.33. The van der Waals surface area contributed by atoms with E-state index >= 15 is 0 Å². The van der Waals surface area contributed by atoms with Crippen molar-refractivity contribution in [3.05, 3.63) is 60.7 Å². The maximum absolute atomic E-state index is 12.4. The average molecular weight is 284 g/mol. The first-order valence-electron chi connectivity index (χ1n) is 7.10. The summed E-state index contributed by atoms with van der Waals surface area (Å²) in [6, 6.07) is 18.9. The van der Waals surface area contributed by atoms with Gasteiger partial charge >= 0.3 is 6.09 Å². The molecule has 0 saturated carbocycles. The third-order valence-corrected chi connectivity index (χ3v) is 3.04. The highest BCUT2D eigenvalue weighted by Gasteiger charge is 2.18. The first-order valence-corrected chi connectivity index (χ1v) is 7.10. The molecule has 0 unspecified atom stereocenters. The molecule has 0 heterocycles. The Bertz CT molecular complexity index is 504. The SMILES string of the molecule is NCCCCOC(=O)N(c1ccccc1)c1ccccc1. The normalized spacial score (nSPS) is 10.1. The molecule has 0 aliphatic heterocycles. The minimum atomic E-state index is -0.371. The van der Waals surface area contributed by atoms with Crippen LogP contribution in [-0.2, 0) is 4.74 Å². The van der Waals surface area contributed by atoms with E-state index in [4.69, 9.17) is 10.5 Å². The minimum Gasteiger partial charge on any atom is -0.449 e. The monoisotopic (exact) mass is 284 g/mol. The van der Waals surface area contributed by atoms with Crippen LogP contribution in [0.3, 0.4) is 0 Å². The van der Waals surface area contributed by atoms with Crippen molar-refractivity contribution in [3.8, 4) is 0 Å². The van der Waals surface area contributed by atoms with Gasteiger partial charge in [0, 0.05) is 0 Å². The van der Waals surface area contributed by atoms with Crippen molar-refractivity contribution >= 4 is 17.5 Å². The van der Waals surface area contributed by atoms with Crippen LogP contribution in [0.15, 0.2) is 60.7 Å². The molecule has 2 N–H and O–H groups in total. The summed E-state index contributed by atoms with van der Waals surface area (Å²) in [4.78, 5) is 14.0. The van der Waals surface area contributed by atoms with Crippen molar-refractivity contribution in [2.75, 3.05) is 18.1 Å². The molecule has 110 valence electrons. The summed E-state index contributed by atoms with van der Waals surface area (Å²) < 4.78 is 5.35. The van der Waals surface area contributed by atoms with Gasteiger partial charge < -0.3 is 10.5 Å². The van der Waals surface area contributed by atoms with E-state index < -0.39 is 0 Å². The number of carbonyl (C=O) groups is 1. The van der Waals surface area contributed by atoms with Gasteiger partial charge in [-0.15, -0.1) is 0 Å². The molecule has 0 radical (unpaired) electrons. The van der Waals surface area contributed by atoms with Crippen molar-refractivity contribution in [2.24, 2.45) is 5.73 Å². The highest BCUT2D eigenvalue weighted by atomic mass is 16.6. The van der Waals surface area contributed by atoms with Gasteiger partial charge in [0.25, 0.3) is 0 Å². The summed E-state index contributed by atoms with van der Waals surface area (Å²) in [5, 5.41) is 0. The van der Waals surface area contributed by atoms with E-state index in [0.717, 1.165) is 24.2 Å². The van der Waals surface area contributed by atoms with E-state index in [2.05, 4.69) is 0 Å². The summed E-state index contributed by atoms with van der Waals surface area (Å²) >= 11 is 0. The van der Waals surface area contributed by atoms with Crippen LogP contribution < -0.4 is 10.6 Å². The standard InChI is InChI=1S/C17H20N2O2/c18-13-7-8-14-21-17(20)19(15-9-3-1-4-10-15)16-11-5-2-6-12-16/h1-6,9-12H,7-8,13-14,18H2. The number of nitrogens with zero attached hydrogens (tertiary/aromatic N) is 1. The lowest BCUT2D eigenvalue weighted by atomic mass is 10.2. The van der Waals surface area contributed by atoms with Crippen molar-refractivity contribution < 1.29 is 9.53 Å². The highest BCUT2D eigenvalue weighted by Crippen LogP contribution is 2.25. The molecular weight excluding hydrogens is 264 g/mol. The van der Waals surface area contributed by atoms with E-state index in [1.807, 2.05) is 60.7 Å². The number of unbranched alkanes of at least 4 members (excludes halogenated alkanes) is 1. The van der Waals surface area contributed by atoms with E-state index in [0.29, 0.717) is 13.2 Å². The second-order valence-corrected chi connectivity index (χ2v) is 4.62. The van der Waals surface area contributed by atoms with Gasteiger partial charge in [0.1, 0.15) is 0 Å². The van der Waals surface area contributed by atoms with Crippen LogP contribution in [0.25, 0.3) is 0 Å². The molecule has 0 atom stereocenters. The number of amides is 1. The fraction of sp³-hybridized carbons (Fsp3) is 0.235. The van der Waals surface area contributed by atoms with Crippen LogP contribution >= 0.6 is 0 Å². The zero-order valence-electron chi connectivity index (χ0n) is 11.9. The van der Waals surface area contributed by atoms with Crippen LogP contribution in [0.1, 0.15) is 12.8 Å². The first kappa shape index (κ1) is 15.1. The van der Waals surface area contributed by atoms with Gasteiger partial charge in [-0.2, -0.15) is 0 Å². The third-order valence-electron chi connectivity index (χ3n) is 3.04. The number of nitrogens with two attached hydrogens (primary N) is 1. The Morgan fingerprint density at radius 1 is 0.905 bits per heavy atom. The molecular formula is C17H20N2O2. The lowest BCUT2D eigenvalue weighted by Crippen LogP contribution is -2.27. The van der Waals surface area contributed by atoms with Crippen molar-refractivity contribution in [1.82, 2.24) is 0 Å². The van der Waals surface area contributed by atoms with Crippen LogP contribution in [0.5, 0.6) is 0 Å². The van der Waals surface area contributed by atoms with Gasteiger partial charge in [0.2, 0.25) is 0 Å². The fourth-order valence-corrected chi connectivity index (χ4v) is 1.98. The molecule has 0 aliphatic rings. The van der Waals surface area contributed by atoms with E-state index in [-0.39, 0.29) is 6.09 Å².